The molecule has 0 aliphatic carbocycles. The summed E-state index contributed by atoms with van der Waals surface area (Å²) in [6.07, 6.45) is 2.94. The van der Waals surface area contributed by atoms with Gasteiger partial charge < -0.3 is 14.6 Å². The van der Waals surface area contributed by atoms with Crippen LogP contribution >= 0.6 is 0 Å². The molecule has 0 aliphatic rings. The van der Waals surface area contributed by atoms with Gasteiger partial charge in [0.2, 0.25) is 0 Å². The number of phenolic OH excluding ortho intramolecular Hbond substituents is 1. The lowest BCUT2D eigenvalue weighted by Crippen LogP contribution is -2.26. The van der Waals surface area contributed by atoms with Gasteiger partial charge in [0.25, 0.3) is 0 Å². The van der Waals surface area contributed by atoms with Gasteiger partial charge in [0, 0.05) is 12.1 Å². The Morgan fingerprint density at radius 3 is 2.32 bits per heavy atom. The number of ether oxygens (including phenoxy) is 2. The van der Waals surface area contributed by atoms with E-state index in [1.807, 2.05) is 48.5 Å². The minimum absolute atomic E-state index is 0.383. The molecule has 0 bridgehead atoms. The van der Waals surface area contributed by atoms with Crippen molar-refractivity contribution < 1.29 is 14.6 Å². The molecule has 0 heterocycles. The van der Waals surface area contributed by atoms with Crippen molar-refractivity contribution in [3.05, 3.63) is 89.5 Å². The second-order valence-electron chi connectivity index (χ2n) is 7.73. The zero-order valence-electron chi connectivity index (χ0n) is 18.6. The van der Waals surface area contributed by atoms with Gasteiger partial charge in [-0.3, -0.25) is 4.90 Å². The van der Waals surface area contributed by atoms with E-state index < -0.39 is 0 Å². The van der Waals surface area contributed by atoms with Crippen LogP contribution in [0.1, 0.15) is 36.5 Å². The molecule has 0 atom stereocenters. The van der Waals surface area contributed by atoms with Crippen molar-refractivity contribution in [2.75, 3.05) is 20.2 Å². The van der Waals surface area contributed by atoms with Crippen molar-refractivity contribution in [2.24, 2.45) is 0 Å². The molecule has 3 rings (SSSR count). The fraction of sp³-hybridized carbons (Fsp3) is 0.333. The first kappa shape index (κ1) is 22.7. The molecule has 3 aromatic rings. The maximum absolute atomic E-state index is 10.0. The smallest absolute Gasteiger partial charge is 0.166 e. The summed E-state index contributed by atoms with van der Waals surface area (Å²) in [6, 6.07) is 23.9. The Kier molecular flexibility index (Phi) is 8.80. The highest BCUT2D eigenvalue weighted by atomic mass is 16.5. The van der Waals surface area contributed by atoms with E-state index in [-0.39, 0.29) is 0 Å². The number of para-hydroxylation sites is 2. The second kappa shape index (κ2) is 12.0. The lowest BCUT2D eigenvalue weighted by molar-refractivity contribution is 0.245. The van der Waals surface area contributed by atoms with Crippen LogP contribution in [0.15, 0.2) is 72.8 Å². The highest BCUT2D eigenvalue weighted by Gasteiger charge is 2.14. The quantitative estimate of drug-likeness (QED) is 0.401. The molecule has 4 nitrogen and oxygen atoms in total. The fourth-order valence-corrected chi connectivity index (χ4v) is 3.78. The molecule has 0 aromatic heterocycles. The average molecular weight is 420 g/mol. The van der Waals surface area contributed by atoms with E-state index in [1.54, 1.807) is 13.2 Å². The summed E-state index contributed by atoms with van der Waals surface area (Å²) >= 11 is 0. The highest BCUT2D eigenvalue weighted by Crippen LogP contribution is 2.33. The highest BCUT2D eigenvalue weighted by molar-refractivity contribution is 5.46. The number of nitrogens with zero attached hydrogens (tertiary/aromatic N) is 1. The molecule has 0 amide bonds. The van der Waals surface area contributed by atoms with Crippen LogP contribution < -0.4 is 9.47 Å². The lowest BCUT2D eigenvalue weighted by atomic mass is 10.1. The van der Waals surface area contributed by atoms with Gasteiger partial charge in [-0.15, -0.1) is 0 Å². The van der Waals surface area contributed by atoms with Gasteiger partial charge in [-0.1, -0.05) is 67.6 Å². The number of aromatic hydroxyl groups is 1. The number of hydrogen-bond donors (Lipinski definition) is 1. The van der Waals surface area contributed by atoms with E-state index in [4.69, 9.17) is 9.47 Å². The standard InChI is InChI=1S/C27H33NO3/c1-3-18-28(19-10-15-23-13-7-8-16-25(23)29)20-24-14-9-17-26(30-2)27(24)31-21-22-11-5-4-6-12-22/h4-9,11-14,16-17,29H,3,10,15,18-21H2,1-2H3. The molecular weight excluding hydrogens is 386 g/mol. The van der Waals surface area contributed by atoms with E-state index in [0.29, 0.717) is 12.4 Å². The summed E-state index contributed by atoms with van der Waals surface area (Å²) in [6.45, 7) is 5.48. The number of hydrogen-bond acceptors (Lipinski definition) is 4. The molecule has 0 unspecified atom stereocenters. The number of benzene rings is 3. The van der Waals surface area contributed by atoms with Gasteiger partial charge >= 0.3 is 0 Å². The molecular formula is C27H33NO3. The zero-order valence-corrected chi connectivity index (χ0v) is 18.6. The Balaban J connectivity index is 1.67. The predicted molar refractivity (Wildman–Crippen MR) is 126 cm³/mol. The first-order chi connectivity index (χ1) is 15.2. The zero-order chi connectivity index (χ0) is 21.9. The van der Waals surface area contributed by atoms with Gasteiger partial charge in [0.1, 0.15) is 12.4 Å². The number of methoxy groups -OCH3 is 1. The van der Waals surface area contributed by atoms with Crippen molar-refractivity contribution in [1.82, 2.24) is 4.90 Å². The molecule has 31 heavy (non-hydrogen) atoms. The minimum atomic E-state index is 0.383. The molecule has 0 spiro atoms. The van der Waals surface area contributed by atoms with E-state index >= 15 is 0 Å². The molecule has 0 aliphatic heterocycles. The number of rotatable bonds is 12. The third kappa shape index (κ3) is 6.76. The van der Waals surface area contributed by atoms with E-state index in [2.05, 4.69) is 30.0 Å². The largest absolute Gasteiger partial charge is 0.508 e. The summed E-state index contributed by atoms with van der Waals surface area (Å²) in [5.41, 5.74) is 3.27. The Bertz CT molecular complexity index is 927. The van der Waals surface area contributed by atoms with Crippen molar-refractivity contribution in [3.8, 4) is 17.2 Å². The first-order valence-electron chi connectivity index (χ1n) is 11.0. The Hall–Kier alpha value is -2.98. The van der Waals surface area contributed by atoms with Crippen LogP contribution in [0.25, 0.3) is 0 Å². The maximum Gasteiger partial charge on any atom is 0.166 e. The van der Waals surface area contributed by atoms with Crippen molar-refractivity contribution in [2.45, 2.75) is 39.3 Å². The topological polar surface area (TPSA) is 41.9 Å². The molecule has 1 N–H and O–H groups in total. The summed E-state index contributed by atoms with van der Waals surface area (Å²) in [4.78, 5) is 2.45. The van der Waals surface area contributed by atoms with E-state index in [0.717, 1.165) is 67.1 Å². The first-order valence-corrected chi connectivity index (χ1v) is 11.0. The fourth-order valence-electron chi connectivity index (χ4n) is 3.78. The van der Waals surface area contributed by atoms with Crippen LogP contribution in [0.4, 0.5) is 0 Å². The second-order valence-corrected chi connectivity index (χ2v) is 7.73. The van der Waals surface area contributed by atoms with Crippen LogP contribution in [0, 0.1) is 0 Å². The Morgan fingerprint density at radius 2 is 1.58 bits per heavy atom. The molecule has 0 saturated carbocycles. The van der Waals surface area contributed by atoms with Crippen LogP contribution in [-0.4, -0.2) is 30.2 Å². The molecule has 164 valence electrons. The van der Waals surface area contributed by atoms with Gasteiger partial charge in [-0.05, 0) is 55.6 Å². The van der Waals surface area contributed by atoms with Crippen molar-refractivity contribution >= 4 is 0 Å². The van der Waals surface area contributed by atoms with Gasteiger partial charge in [-0.2, -0.15) is 0 Å². The molecule has 3 aromatic carbocycles. The summed E-state index contributed by atoms with van der Waals surface area (Å²) in [5, 5.41) is 10.0. The van der Waals surface area contributed by atoms with Gasteiger partial charge in [0.05, 0.1) is 7.11 Å². The summed E-state index contributed by atoms with van der Waals surface area (Å²) < 4.78 is 11.8. The normalized spacial score (nSPS) is 10.9. The minimum Gasteiger partial charge on any atom is -0.508 e. The maximum atomic E-state index is 10.0. The Labute approximate surface area is 186 Å². The van der Waals surface area contributed by atoms with Crippen LogP contribution in [0.3, 0.4) is 0 Å². The lowest BCUT2D eigenvalue weighted by Gasteiger charge is -2.24. The van der Waals surface area contributed by atoms with Crippen LogP contribution in [0.5, 0.6) is 17.2 Å². The SMILES string of the molecule is CCCN(CCCc1ccccc1O)Cc1cccc(OC)c1OCc1ccccc1. The molecule has 0 radical (unpaired) electrons. The van der Waals surface area contributed by atoms with Gasteiger partial charge in [0.15, 0.2) is 11.5 Å². The monoisotopic (exact) mass is 419 g/mol. The van der Waals surface area contributed by atoms with Crippen molar-refractivity contribution in [3.63, 3.8) is 0 Å². The predicted octanol–water partition coefficient (Wildman–Crippen LogP) is 5.82. The van der Waals surface area contributed by atoms with Crippen LogP contribution in [0.2, 0.25) is 0 Å². The van der Waals surface area contributed by atoms with Gasteiger partial charge in [-0.25, -0.2) is 0 Å². The summed E-state index contributed by atoms with van der Waals surface area (Å²) in [7, 11) is 1.69. The molecule has 4 heteroatoms. The van der Waals surface area contributed by atoms with E-state index in [1.165, 1.54) is 0 Å². The number of phenols is 1. The average Bonchev–Trinajstić information content (AvgIpc) is 2.80. The number of aryl methyl sites for hydroxylation is 1. The Morgan fingerprint density at radius 1 is 0.839 bits per heavy atom. The summed E-state index contributed by atoms with van der Waals surface area (Å²) in [5.74, 6) is 1.96. The molecule has 0 fully saturated rings. The van der Waals surface area contributed by atoms with Crippen molar-refractivity contribution in [1.29, 1.82) is 0 Å². The molecule has 0 saturated heterocycles. The third-order valence-electron chi connectivity index (χ3n) is 5.35. The third-order valence-corrected chi connectivity index (χ3v) is 5.35. The van der Waals surface area contributed by atoms with Crippen LogP contribution in [-0.2, 0) is 19.6 Å². The van der Waals surface area contributed by atoms with E-state index in [9.17, 15) is 5.11 Å².